The van der Waals surface area contributed by atoms with Gasteiger partial charge in [0.2, 0.25) is 11.8 Å². The number of aliphatic hydroxyl groups is 1. The van der Waals surface area contributed by atoms with Crippen molar-refractivity contribution in [2.45, 2.75) is 51.1 Å². The predicted octanol–water partition coefficient (Wildman–Crippen LogP) is 2.04. The maximum atomic E-state index is 12.9. The zero-order valence-corrected chi connectivity index (χ0v) is 10.5. The molecule has 0 aliphatic heterocycles. The highest BCUT2D eigenvalue weighted by Crippen LogP contribution is 2.36. The first kappa shape index (κ1) is 14.4. The van der Waals surface area contributed by atoms with Crippen molar-refractivity contribution in [3.63, 3.8) is 0 Å². The lowest BCUT2D eigenvalue weighted by Crippen LogP contribution is -2.38. The Hall–Kier alpha value is -0.710. The van der Waals surface area contributed by atoms with Crippen molar-refractivity contribution in [2.75, 3.05) is 13.6 Å². The van der Waals surface area contributed by atoms with E-state index >= 15 is 0 Å². The van der Waals surface area contributed by atoms with E-state index < -0.39 is 12.0 Å². The van der Waals surface area contributed by atoms with Crippen LogP contribution >= 0.6 is 0 Å². The predicted molar refractivity (Wildman–Crippen MR) is 60.8 cm³/mol. The van der Waals surface area contributed by atoms with Gasteiger partial charge >= 0.3 is 0 Å². The Morgan fingerprint density at radius 3 is 2.47 bits per heavy atom. The van der Waals surface area contributed by atoms with Gasteiger partial charge in [0.1, 0.15) is 0 Å². The highest BCUT2D eigenvalue weighted by molar-refractivity contribution is 5.78. The van der Waals surface area contributed by atoms with E-state index in [1.165, 1.54) is 0 Å². The molecule has 1 saturated carbocycles. The largest absolute Gasteiger partial charge is 0.393 e. The Morgan fingerprint density at radius 2 is 2.00 bits per heavy atom. The highest BCUT2D eigenvalue weighted by Gasteiger charge is 2.38. The summed E-state index contributed by atoms with van der Waals surface area (Å²) < 4.78 is 25.9. The van der Waals surface area contributed by atoms with Crippen LogP contribution in [0, 0.1) is 5.92 Å². The smallest absolute Gasteiger partial charge is 0.248 e. The molecule has 0 heterocycles. The van der Waals surface area contributed by atoms with Crippen molar-refractivity contribution in [3.8, 4) is 0 Å². The van der Waals surface area contributed by atoms with Crippen molar-refractivity contribution >= 4 is 5.91 Å². The molecule has 3 nitrogen and oxygen atoms in total. The van der Waals surface area contributed by atoms with Gasteiger partial charge in [-0.05, 0) is 26.2 Å². The van der Waals surface area contributed by atoms with Gasteiger partial charge in [-0.25, -0.2) is 8.78 Å². The first-order chi connectivity index (χ1) is 7.82. The first-order valence-corrected chi connectivity index (χ1v) is 6.13. The molecule has 0 aromatic carbocycles. The third-order valence-electron chi connectivity index (χ3n) is 3.32. The van der Waals surface area contributed by atoms with Crippen LogP contribution in [0.1, 0.15) is 39.0 Å². The topological polar surface area (TPSA) is 40.5 Å². The van der Waals surface area contributed by atoms with Gasteiger partial charge in [0, 0.05) is 32.4 Å². The summed E-state index contributed by atoms with van der Waals surface area (Å²) in [7, 11) is 1.66. The van der Waals surface area contributed by atoms with Crippen LogP contribution < -0.4 is 0 Å². The van der Waals surface area contributed by atoms with Crippen LogP contribution in [0.15, 0.2) is 0 Å². The van der Waals surface area contributed by atoms with E-state index in [2.05, 4.69) is 0 Å². The van der Waals surface area contributed by atoms with E-state index in [0.717, 1.165) is 0 Å². The minimum atomic E-state index is -2.59. The number of alkyl halides is 2. The lowest BCUT2D eigenvalue weighted by Gasteiger charge is -2.30. The Balaban J connectivity index is 2.38. The summed E-state index contributed by atoms with van der Waals surface area (Å²) in [6.45, 7) is 2.14. The van der Waals surface area contributed by atoms with Gasteiger partial charge in [-0.2, -0.15) is 0 Å². The summed E-state index contributed by atoms with van der Waals surface area (Å²) >= 11 is 0. The number of hydrogen-bond acceptors (Lipinski definition) is 2. The molecule has 1 fully saturated rings. The maximum Gasteiger partial charge on any atom is 0.248 e. The van der Waals surface area contributed by atoms with Crippen molar-refractivity contribution in [1.82, 2.24) is 4.90 Å². The summed E-state index contributed by atoms with van der Waals surface area (Å²) in [5, 5.41) is 9.12. The number of aliphatic hydroxyl groups excluding tert-OH is 1. The van der Waals surface area contributed by atoms with E-state index in [4.69, 9.17) is 5.11 Å². The molecule has 17 heavy (non-hydrogen) atoms. The normalized spacial score (nSPS) is 22.2. The van der Waals surface area contributed by atoms with Gasteiger partial charge < -0.3 is 10.0 Å². The van der Waals surface area contributed by atoms with Crippen LogP contribution in [0.2, 0.25) is 0 Å². The first-order valence-electron chi connectivity index (χ1n) is 6.13. The maximum absolute atomic E-state index is 12.9. The van der Waals surface area contributed by atoms with Crippen molar-refractivity contribution in [3.05, 3.63) is 0 Å². The standard InChI is InChI=1S/C12H21F2NO2/c1-9(16)5-8-15(2)11(17)10-3-6-12(13,14)7-4-10/h9-10,16H,3-8H2,1-2H3. The van der Waals surface area contributed by atoms with Crippen LogP contribution in [0.4, 0.5) is 8.78 Å². The van der Waals surface area contributed by atoms with Gasteiger partial charge in [-0.3, -0.25) is 4.79 Å². The van der Waals surface area contributed by atoms with Gasteiger partial charge in [0.25, 0.3) is 0 Å². The molecule has 1 aliphatic carbocycles. The average molecular weight is 249 g/mol. The SMILES string of the molecule is CC(O)CCN(C)C(=O)C1CCC(F)(F)CC1. The summed E-state index contributed by atoms with van der Waals surface area (Å²) in [5.74, 6) is -2.93. The number of halogens is 2. The number of hydrogen-bond donors (Lipinski definition) is 1. The summed E-state index contributed by atoms with van der Waals surface area (Å²) in [4.78, 5) is 13.5. The Kier molecular flexibility index (Phi) is 4.86. The molecular formula is C12H21F2NO2. The zero-order valence-electron chi connectivity index (χ0n) is 10.5. The lowest BCUT2D eigenvalue weighted by molar-refractivity contribution is -0.138. The summed E-state index contributed by atoms with van der Waals surface area (Å²) in [5.41, 5.74) is 0. The zero-order chi connectivity index (χ0) is 13.1. The molecule has 1 rings (SSSR count). The fourth-order valence-electron chi connectivity index (χ4n) is 2.09. The summed E-state index contributed by atoms with van der Waals surface area (Å²) in [6.07, 6.45) is 0.239. The van der Waals surface area contributed by atoms with E-state index in [1.54, 1.807) is 18.9 Å². The molecule has 1 aliphatic rings. The molecule has 1 atom stereocenters. The van der Waals surface area contributed by atoms with Crippen LogP contribution in [0.25, 0.3) is 0 Å². The molecule has 1 N–H and O–H groups in total. The highest BCUT2D eigenvalue weighted by atomic mass is 19.3. The van der Waals surface area contributed by atoms with E-state index in [0.29, 0.717) is 13.0 Å². The second kappa shape index (κ2) is 5.76. The Bertz CT molecular complexity index is 259. The number of carbonyl (C=O) groups excluding carboxylic acids is 1. The van der Waals surface area contributed by atoms with Gasteiger partial charge in [0.15, 0.2) is 0 Å². The van der Waals surface area contributed by atoms with Gasteiger partial charge in [-0.15, -0.1) is 0 Å². The molecule has 0 radical (unpaired) electrons. The van der Waals surface area contributed by atoms with E-state index in [9.17, 15) is 13.6 Å². The van der Waals surface area contributed by atoms with Crippen LogP contribution in [0.3, 0.4) is 0 Å². The molecule has 5 heteroatoms. The van der Waals surface area contributed by atoms with Crippen molar-refractivity contribution in [1.29, 1.82) is 0 Å². The van der Waals surface area contributed by atoms with Crippen molar-refractivity contribution < 1.29 is 18.7 Å². The number of rotatable bonds is 4. The molecule has 1 unspecified atom stereocenters. The number of amides is 1. The van der Waals surface area contributed by atoms with Crippen LogP contribution in [-0.2, 0) is 4.79 Å². The number of carbonyl (C=O) groups is 1. The quantitative estimate of drug-likeness (QED) is 0.828. The third kappa shape index (κ3) is 4.58. The fourth-order valence-corrected chi connectivity index (χ4v) is 2.09. The Morgan fingerprint density at radius 1 is 1.47 bits per heavy atom. The fraction of sp³-hybridized carbons (Fsp3) is 0.917. The van der Waals surface area contributed by atoms with E-state index in [1.807, 2.05) is 0 Å². The molecular weight excluding hydrogens is 228 g/mol. The molecule has 0 aromatic heterocycles. The molecule has 0 bridgehead atoms. The van der Waals surface area contributed by atoms with Crippen LogP contribution in [-0.4, -0.2) is 41.5 Å². The molecule has 0 saturated heterocycles. The second-order valence-electron chi connectivity index (χ2n) is 5.03. The Labute approximate surface area is 101 Å². The molecule has 100 valence electrons. The summed E-state index contributed by atoms with van der Waals surface area (Å²) in [6, 6.07) is 0. The van der Waals surface area contributed by atoms with Crippen LogP contribution in [0.5, 0.6) is 0 Å². The van der Waals surface area contributed by atoms with Gasteiger partial charge in [-0.1, -0.05) is 0 Å². The lowest BCUT2D eigenvalue weighted by atomic mass is 9.86. The molecule has 0 aromatic rings. The van der Waals surface area contributed by atoms with E-state index in [-0.39, 0.29) is 37.5 Å². The average Bonchev–Trinajstić information content (AvgIpc) is 2.25. The third-order valence-corrected chi connectivity index (χ3v) is 3.32. The monoisotopic (exact) mass is 249 g/mol. The molecule has 0 spiro atoms. The minimum absolute atomic E-state index is 0.0684. The second-order valence-corrected chi connectivity index (χ2v) is 5.03. The van der Waals surface area contributed by atoms with Gasteiger partial charge in [0.05, 0.1) is 6.10 Å². The molecule has 1 amide bonds. The minimum Gasteiger partial charge on any atom is -0.393 e. The number of nitrogens with zero attached hydrogens (tertiary/aromatic N) is 1. The van der Waals surface area contributed by atoms with Crippen molar-refractivity contribution in [2.24, 2.45) is 5.92 Å².